The van der Waals surface area contributed by atoms with Gasteiger partial charge in [-0.1, -0.05) is 0 Å². The van der Waals surface area contributed by atoms with Crippen molar-refractivity contribution in [3.8, 4) is 16.3 Å². The zero-order valence-electron chi connectivity index (χ0n) is 12.7. The number of benzene rings is 1. The molecule has 7 heteroatoms. The van der Waals surface area contributed by atoms with Gasteiger partial charge in [-0.3, -0.25) is 0 Å². The van der Waals surface area contributed by atoms with Crippen LogP contribution in [0.15, 0.2) is 29.6 Å². The number of carbonyl (C=O) groups excluding carboxylic acids is 1. The maximum Gasteiger partial charge on any atom is 0.359 e. The van der Waals surface area contributed by atoms with Crippen LogP contribution in [0.25, 0.3) is 16.3 Å². The van der Waals surface area contributed by atoms with E-state index in [0.29, 0.717) is 12.1 Å². The van der Waals surface area contributed by atoms with E-state index in [1.807, 2.05) is 11.4 Å². The largest absolute Gasteiger partial charge is 0.461 e. The number of nitrogens with zero attached hydrogens (tertiary/aromatic N) is 2. The van der Waals surface area contributed by atoms with Crippen molar-refractivity contribution in [2.24, 2.45) is 0 Å². The summed E-state index contributed by atoms with van der Waals surface area (Å²) < 4.78 is 33.9. The van der Waals surface area contributed by atoms with Crippen molar-refractivity contribution in [3.05, 3.63) is 58.1 Å². The van der Waals surface area contributed by atoms with Gasteiger partial charge in [-0.15, -0.1) is 11.3 Å². The third-order valence-electron chi connectivity index (χ3n) is 3.92. The number of aromatic nitrogens is 2. The van der Waals surface area contributed by atoms with Crippen LogP contribution < -0.4 is 0 Å². The number of carbonyl (C=O) groups is 1. The van der Waals surface area contributed by atoms with Gasteiger partial charge >= 0.3 is 5.97 Å². The molecule has 0 radical (unpaired) electrons. The van der Waals surface area contributed by atoms with Gasteiger partial charge in [0.2, 0.25) is 0 Å². The van der Waals surface area contributed by atoms with Crippen molar-refractivity contribution in [1.29, 1.82) is 0 Å². The Balaban J connectivity index is 1.95. The van der Waals surface area contributed by atoms with Crippen LogP contribution in [-0.2, 0) is 11.2 Å². The van der Waals surface area contributed by atoms with E-state index in [9.17, 15) is 13.6 Å². The van der Waals surface area contributed by atoms with Gasteiger partial charge in [0.25, 0.3) is 0 Å². The topological polar surface area (TPSA) is 44.1 Å². The SMILES string of the molecule is CCOC(=O)c1nn(-c2ccc(F)cc2F)c2c1Cc1ccsc1-2. The number of rotatable bonds is 3. The molecular formula is C17H12F2N2O2S. The molecule has 3 aromatic rings. The summed E-state index contributed by atoms with van der Waals surface area (Å²) in [4.78, 5) is 13.2. The molecule has 4 nitrogen and oxygen atoms in total. The van der Waals surface area contributed by atoms with Crippen LogP contribution >= 0.6 is 11.3 Å². The van der Waals surface area contributed by atoms with Crippen LogP contribution in [-0.4, -0.2) is 22.4 Å². The Kier molecular flexibility index (Phi) is 3.45. The highest BCUT2D eigenvalue weighted by Crippen LogP contribution is 2.43. The highest BCUT2D eigenvalue weighted by Gasteiger charge is 2.33. The van der Waals surface area contributed by atoms with Gasteiger partial charge in [0.1, 0.15) is 11.5 Å². The molecule has 1 aliphatic carbocycles. The summed E-state index contributed by atoms with van der Waals surface area (Å²) in [6.45, 7) is 1.94. The highest BCUT2D eigenvalue weighted by molar-refractivity contribution is 7.13. The molecule has 0 spiro atoms. The summed E-state index contributed by atoms with van der Waals surface area (Å²) >= 11 is 1.50. The van der Waals surface area contributed by atoms with E-state index in [2.05, 4.69) is 5.10 Å². The number of esters is 1. The van der Waals surface area contributed by atoms with Gasteiger partial charge in [0.15, 0.2) is 11.5 Å². The second kappa shape index (κ2) is 5.52. The fraction of sp³-hybridized carbons (Fsp3) is 0.176. The van der Waals surface area contributed by atoms with Crippen molar-refractivity contribution < 1.29 is 18.3 Å². The third kappa shape index (κ3) is 2.16. The first-order valence-corrected chi connectivity index (χ1v) is 8.29. The van der Waals surface area contributed by atoms with E-state index in [1.165, 1.54) is 28.2 Å². The molecule has 1 aliphatic rings. The summed E-state index contributed by atoms with van der Waals surface area (Å²) in [7, 11) is 0. The summed E-state index contributed by atoms with van der Waals surface area (Å²) in [5.41, 5.74) is 2.74. The normalized spacial score (nSPS) is 12.1. The van der Waals surface area contributed by atoms with E-state index in [-0.39, 0.29) is 18.0 Å². The number of fused-ring (bicyclic) bond motifs is 3. The number of halogens is 2. The van der Waals surface area contributed by atoms with E-state index in [1.54, 1.807) is 6.92 Å². The molecule has 2 heterocycles. The molecule has 0 amide bonds. The molecule has 0 unspecified atom stereocenters. The van der Waals surface area contributed by atoms with Crippen molar-refractivity contribution >= 4 is 17.3 Å². The molecule has 0 fully saturated rings. The average Bonchev–Trinajstić information content (AvgIpc) is 3.18. The Morgan fingerprint density at radius 3 is 2.96 bits per heavy atom. The summed E-state index contributed by atoms with van der Waals surface area (Å²) in [6, 6.07) is 5.26. The fourth-order valence-electron chi connectivity index (χ4n) is 2.91. The van der Waals surface area contributed by atoms with Gasteiger partial charge in [-0.25, -0.2) is 18.3 Å². The van der Waals surface area contributed by atoms with Gasteiger partial charge in [-0.2, -0.15) is 5.10 Å². The zero-order valence-corrected chi connectivity index (χ0v) is 13.5. The fourth-order valence-corrected chi connectivity index (χ4v) is 3.90. The van der Waals surface area contributed by atoms with Crippen LogP contribution in [0.4, 0.5) is 8.78 Å². The first-order valence-electron chi connectivity index (χ1n) is 7.41. The van der Waals surface area contributed by atoms with Crippen LogP contribution in [0, 0.1) is 11.6 Å². The molecule has 0 N–H and O–H groups in total. The second-order valence-electron chi connectivity index (χ2n) is 5.36. The Morgan fingerprint density at radius 1 is 1.38 bits per heavy atom. The molecule has 122 valence electrons. The molecule has 2 aromatic heterocycles. The maximum absolute atomic E-state index is 14.3. The molecule has 4 rings (SSSR count). The third-order valence-corrected chi connectivity index (χ3v) is 4.88. The quantitative estimate of drug-likeness (QED) is 0.528. The average molecular weight is 346 g/mol. The Morgan fingerprint density at radius 2 is 2.21 bits per heavy atom. The number of hydrogen-bond donors (Lipinski definition) is 0. The van der Waals surface area contributed by atoms with Gasteiger partial charge in [0, 0.05) is 18.1 Å². The second-order valence-corrected chi connectivity index (χ2v) is 6.27. The van der Waals surface area contributed by atoms with E-state index < -0.39 is 17.6 Å². The highest BCUT2D eigenvalue weighted by atomic mass is 32.1. The van der Waals surface area contributed by atoms with Crippen LogP contribution in [0.3, 0.4) is 0 Å². The zero-order chi connectivity index (χ0) is 16.8. The Hall–Kier alpha value is -2.54. The molecule has 0 saturated heterocycles. The molecular weight excluding hydrogens is 334 g/mol. The summed E-state index contributed by atoms with van der Waals surface area (Å²) in [6.07, 6.45) is 0.547. The maximum atomic E-state index is 14.3. The monoisotopic (exact) mass is 346 g/mol. The first kappa shape index (κ1) is 15.0. The van der Waals surface area contributed by atoms with Crippen LogP contribution in [0.2, 0.25) is 0 Å². The van der Waals surface area contributed by atoms with Crippen LogP contribution in [0.1, 0.15) is 28.5 Å². The minimum Gasteiger partial charge on any atom is -0.461 e. The minimum absolute atomic E-state index is 0.101. The number of thiophene rings is 1. The lowest BCUT2D eigenvalue weighted by Crippen LogP contribution is -2.09. The number of hydrogen-bond acceptors (Lipinski definition) is 4. The molecule has 0 aliphatic heterocycles. The van der Waals surface area contributed by atoms with Gasteiger partial charge in [0.05, 0.1) is 17.2 Å². The standard InChI is InChI=1S/C17H12F2N2O2S/c1-2-23-17(22)14-11-7-9-5-6-24-16(9)15(11)21(20-14)13-4-3-10(18)8-12(13)19/h3-6,8H,2,7H2,1H3. The summed E-state index contributed by atoms with van der Waals surface area (Å²) in [5.74, 6) is -1.94. The molecule has 0 atom stereocenters. The van der Waals surface area contributed by atoms with Crippen molar-refractivity contribution in [1.82, 2.24) is 9.78 Å². The lowest BCUT2D eigenvalue weighted by Gasteiger charge is -2.07. The van der Waals surface area contributed by atoms with Crippen molar-refractivity contribution in [2.75, 3.05) is 6.61 Å². The van der Waals surface area contributed by atoms with E-state index >= 15 is 0 Å². The molecule has 24 heavy (non-hydrogen) atoms. The predicted octanol–water partition coefficient (Wildman–Crippen LogP) is 3.96. The first-order chi connectivity index (χ1) is 11.6. The van der Waals surface area contributed by atoms with Crippen LogP contribution in [0.5, 0.6) is 0 Å². The molecule has 0 bridgehead atoms. The minimum atomic E-state index is -0.735. The molecule has 0 saturated carbocycles. The summed E-state index contributed by atoms with van der Waals surface area (Å²) in [5, 5.41) is 6.22. The van der Waals surface area contributed by atoms with Gasteiger partial charge < -0.3 is 4.74 Å². The van der Waals surface area contributed by atoms with Crippen molar-refractivity contribution in [2.45, 2.75) is 13.3 Å². The predicted molar refractivity (Wildman–Crippen MR) is 85.6 cm³/mol. The Bertz CT molecular complexity index is 962. The van der Waals surface area contributed by atoms with E-state index in [0.717, 1.165) is 22.1 Å². The smallest absolute Gasteiger partial charge is 0.359 e. The van der Waals surface area contributed by atoms with Crippen molar-refractivity contribution in [3.63, 3.8) is 0 Å². The van der Waals surface area contributed by atoms with Gasteiger partial charge in [-0.05, 0) is 36.1 Å². The number of ether oxygens (including phenoxy) is 1. The van der Waals surface area contributed by atoms with E-state index in [4.69, 9.17) is 4.74 Å². The Labute approximate surface area is 140 Å². The lowest BCUT2D eigenvalue weighted by molar-refractivity contribution is 0.0518. The molecule has 1 aromatic carbocycles. The lowest BCUT2D eigenvalue weighted by atomic mass is 10.1.